The summed E-state index contributed by atoms with van der Waals surface area (Å²) in [6.45, 7) is 6.09. The van der Waals surface area contributed by atoms with Crippen molar-refractivity contribution < 1.29 is 4.79 Å². The number of halogens is 1. The molecular weight excluding hydrogens is 312 g/mol. The van der Waals surface area contributed by atoms with Crippen LogP contribution in [0.15, 0.2) is 30.3 Å². The van der Waals surface area contributed by atoms with E-state index in [0.29, 0.717) is 18.7 Å². The first kappa shape index (κ1) is 19.2. The molecule has 0 aliphatic heterocycles. The Balaban J connectivity index is 0.00000264. The van der Waals surface area contributed by atoms with Crippen LogP contribution in [0.5, 0.6) is 0 Å². The Hall–Kier alpha value is -1.85. The van der Waals surface area contributed by atoms with Gasteiger partial charge in [0.15, 0.2) is 0 Å². The number of carbonyl (C=O) groups is 1. The molecule has 0 spiro atoms. The third kappa shape index (κ3) is 5.69. The van der Waals surface area contributed by atoms with Crippen molar-refractivity contribution in [2.75, 3.05) is 13.1 Å². The predicted octanol–water partition coefficient (Wildman–Crippen LogP) is 2.44. The highest BCUT2D eigenvalue weighted by molar-refractivity contribution is 5.94. The molecule has 6 heteroatoms. The molecule has 2 aromatic rings. The van der Waals surface area contributed by atoms with Crippen molar-refractivity contribution in [2.45, 2.75) is 33.2 Å². The van der Waals surface area contributed by atoms with Crippen molar-refractivity contribution in [2.24, 2.45) is 5.73 Å². The quantitative estimate of drug-likeness (QED) is 0.763. The van der Waals surface area contributed by atoms with E-state index in [1.54, 1.807) is 0 Å². The molecule has 3 N–H and O–H groups in total. The number of aryl methyl sites for hydroxylation is 2. The van der Waals surface area contributed by atoms with Crippen molar-refractivity contribution >= 4 is 18.3 Å². The minimum atomic E-state index is -0.0327. The largest absolute Gasteiger partial charge is 0.352 e. The maximum Gasteiger partial charge on any atom is 0.251 e. The number of benzene rings is 1. The molecule has 0 aliphatic rings. The molecule has 2 rings (SSSR count). The van der Waals surface area contributed by atoms with Gasteiger partial charge >= 0.3 is 0 Å². The Labute approximate surface area is 143 Å². The molecule has 0 aliphatic carbocycles. The van der Waals surface area contributed by atoms with Gasteiger partial charge in [0.2, 0.25) is 0 Å². The lowest BCUT2D eigenvalue weighted by molar-refractivity contribution is 0.0953. The molecule has 0 bridgehead atoms. The van der Waals surface area contributed by atoms with E-state index >= 15 is 0 Å². The molecule has 1 aromatic heterocycles. The van der Waals surface area contributed by atoms with E-state index in [4.69, 9.17) is 5.73 Å². The van der Waals surface area contributed by atoms with Gasteiger partial charge < -0.3 is 11.1 Å². The first-order chi connectivity index (χ1) is 10.6. The average Bonchev–Trinajstić information content (AvgIpc) is 2.82. The van der Waals surface area contributed by atoms with Gasteiger partial charge in [-0.3, -0.25) is 9.48 Å². The Morgan fingerprint density at radius 1 is 1.22 bits per heavy atom. The molecule has 126 valence electrons. The SMILES string of the molecule is Cc1cc(C)n(Cc2ccc(C(=O)NCCCCN)cc2)n1.Cl. The molecule has 0 saturated heterocycles. The highest BCUT2D eigenvalue weighted by Gasteiger charge is 2.06. The number of hydrogen-bond donors (Lipinski definition) is 2. The monoisotopic (exact) mass is 336 g/mol. The highest BCUT2D eigenvalue weighted by Crippen LogP contribution is 2.09. The van der Waals surface area contributed by atoms with Gasteiger partial charge in [-0.05, 0) is 57.0 Å². The van der Waals surface area contributed by atoms with Crippen LogP contribution in [0.4, 0.5) is 0 Å². The van der Waals surface area contributed by atoms with Gasteiger partial charge in [0.05, 0.1) is 12.2 Å². The van der Waals surface area contributed by atoms with E-state index in [9.17, 15) is 4.79 Å². The molecule has 0 fully saturated rings. The van der Waals surface area contributed by atoms with E-state index in [1.807, 2.05) is 42.8 Å². The van der Waals surface area contributed by atoms with Crippen LogP contribution in [0.3, 0.4) is 0 Å². The van der Waals surface area contributed by atoms with Crippen LogP contribution in [-0.4, -0.2) is 28.8 Å². The molecule has 0 saturated carbocycles. The van der Waals surface area contributed by atoms with Crippen molar-refractivity contribution in [3.8, 4) is 0 Å². The van der Waals surface area contributed by atoms with Gasteiger partial charge in [-0.25, -0.2) is 0 Å². The zero-order chi connectivity index (χ0) is 15.9. The van der Waals surface area contributed by atoms with Crippen LogP contribution in [-0.2, 0) is 6.54 Å². The lowest BCUT2D eigenvalue weighted by Crippen LogP contribution is -2.24. The van der Waals surface area contributed by atoms with Crippen molar-refractivity contribution in [1.82, 2.24) is 15.1 Å². The molecule has 1 amide bonds. The van der Waals surface area contributed by atoms with Gasteiger partial charge in [0, 0.05) is 17.8 Å². The summed E-state index contributed by atoms with van der Waals surface area (Å²) in [6, 6.07) is 9.73. The van der Waals surface area contributed by atoms with E-state index in [2.05, 4.69) is 16.5 Å². The Morgan fingerprint density at radius 2 is 1.91 bits per heavy atom. The van der Waals surface area contributed by atoms with Crippen LogP contribution in [0, 0.1) is 13.8 Å². The maximum absolute atomic E-state index is 12.0. The molecule has 0 atom stereocenters. The maximum atomic E-state index is 12.0. The second-order valence-electron chi connectivity index (χ2n) is 5.53. The Morgan fingerprint density at radius 3 is 2.48 bits per heavy atom. The van der Waals surface area contributed by atoms with Gasteiger partial charge in [-0.2, -0.15) is 5.10 Å². The third-order valence-corrected chi connectivity index (χ3v) is 3.57. The summed E-state index contributed by atoms with van der Waals surface area (Å²) in [5.41, 5.74) is 9.40. The number of aromatic nitrogens is 2. The van der Waals surface area contributed by atoms with Gasteiger partial charge in [-0.1, -0.05) is 12.1 Å². The van der Waals surface area contributed by atoms with Crippen LogP contribution < -0.4 is 11.1 Å². The molecular formula is C17H25ClN4O. The van der Waals surface area contributed by atoms with Crippen LogP contribution in [0.1, 0.15) is 40.2 Å². The number of hydrogen-bond acceptors (Lipinski definition) is 3. The Kier molecular flexibility index (Phi) is 7.78. The summed E-state index contributed by atoms with van der Waals surface area (Å²) in [5.74, 6) is -0.0327. The number of rotatable bonds is 7. The molecule has 0 radical (unpaired) electrons. The van der Waals surface area contributed by atoms with Crippen LogP contribution >= 0.6 is 12.4 Å². The predicted molar refractivity (Wildman–Crippen MR) is 95.1 cm³/mol. The van der Waals surface area contributed by atoms with Crippen LogP contribution in [0.2, 0.25) is 0 Å². The number of nitrogens with one attached hydrogen (secondary N) is 1. The molecule has 0 unspecified atom stereocenters. The lowest BCUT2D eigenvalue weighted by Gasteiger charge is -2.07. The fraction of sp³-hybridized carbons (Fsp3) is 0.412. The minimum Gasteiger partial charge on any atom is -0.352 e. The van der Waals surface area contributed by atoms with Crippen LogP contribution in [0.25, 0.3) is 0 Å². The van der Waals surface area contributed by atoms with E-state index in [0.717, 1.165) is 36.3 Å². The fourth-order valence-electron chi connectivity index (χ4n) is 2.34. The number of amides is 1. The van der Waals surface area contributed by atoms with E-state index < -0.39 is 0 Å². The smallest absolute Gasteiger partial charge is 0.251 e. The summed E-state index contributed by atoms with van der Waals surface area (Å²) in [5, 5.41) is 7.35. The van der Waals surface area contributed by atoms with Gasteiger partial charge in [-0.15, -0.1) is 12.4 Å². The lowest BCUT2D eigenvalue weighted by atomic mass is 10.1. The number of carbonyl (C=O) groups excluding carboxylic acids is 1. The normalized spacial score (nSPS) is 10.2. The van der Waals surface area contributed by atoms with Crippen molar-refractivity contribution in [3.05, 3.63) is 52.8 Å². The molecule has 1 aromatic carbocycles. The number of unbranched alkanes of at least 4 members (excludes halogenated alkanes) is 1. The topological polar surface area (TPSA) is 72.9 Å². The van der Waals surface area contributed by atoms with Gasteiger partial charge in [0.25, 0.3) is 5.91 Å². The fourth-order valence-corrected chi connectivity index (χ4v) is 2.34. The number of nitrogens with two attached hydrogens (primary N) is 1. The van der Waals surface area contributed by atoms with Crippen molar-refractivity contribution in [3.63, 3.8) is 0 Å². The minimum absolute atomic E-state index is 0. The molecule has 1 heterocycles. The highest BCUT2D eigenvalue weighted by atomic mass is 35.5. The van der Waals surface area contributed by atoms with E-state index in [-0.39, 0.29) is 18.3 Å². The standard InChI is InChI=1S/C17H24N4O.ClH/c1-13-11-14(2)21(20-13)12-15-5-7-16(8-6-15)17(22)19-10-4-3-9-18;/h5-8,11H,3-4,9-10,12,18H2,1-2H3,(H,19,22);1H. The third-order valence-electron chi connectivity index (χ3n) is 3.57. The first-order valence-electron chi connectivity index (χ1n) is 7.68. The summed E-state index contributed by atoms with van der Waals surface area (Å²) in [4.78, 5) is 12.0. The second-order valence-corrected chi connectivity index (χ2v) is 5.53. The van der Waals surface area contributed by atoms with E-state index in [1.165, 1.54) is 0 Å². The first-order valence-corrected chi connectivity index (χ1v) is 7.68. The summed E-state index contributed by atoms with van der Waals surface area (Å²) >= 11 is 0. The second kappa shape index (κ2) is 9.33. The molecule has 23 heavy (non-hydrogen) atoms. The summed E-state index contributed by atoms with van der Waals surface area (Å²) in [7, 11) is 0. The van der Waals surface area contributed by atoms with Gasteiger partial charge in [0.1, 0.15) is 0 Å². The molecule has 5 nitrogen and oxygen atoms in total. The summed E-state index contributed by atoms with van der Waals surface area (Å²) < 4.78 is 1.97. The zero-order valence-electron chi connectivity index (χ0n) is 13.7. The number of nitrogens with zero attached hydrogens (tertiary/aromatic N) is 2. The zero-order valence-corrected chi connectivity index (χ0v) is 14.5. The average molecular weight is 337 g/mol. The van der Waals surface area contributed by atoms with Crippen molar-refractivity contribution in [1.29, 1.82) is 0 Å². The summed E-state index contributed by atoms with van der Waals surface area (Å²) in [6.07, 6.45) is 1.85. The Bertz CT molecular complexity index is 622.